The average molecular weight is 516 g/mol. The van der Waals surface area contributed by atoms with E-state index >= 15 is 0 Å². The van der Waals surface area contributed by atoms with Gasteiger partial charge in [0, 0.05) is 24.7 Å². The molecule has 0 unspecified atom stereocenters. The molecule has 2 amide bonds. The molecule has 0 spiro atoms. The second-order valence-electron chi connectivity index (χ2n) is 9.36. The zero-order valence-electron chi connectivity index (χ0n) is 22.1. The van der Waals surface area contributed by atoms with Gasteiger partial charge in [0.05, 0.1) is 25.4 Å². The molecule has 0 fully saturated rings. The topological polar surface area (TPSA) is 98.6 Å². The molecule has 198 valence electrons. The van der Waals surface area contributed by atoms with Crippen LogP contribution in [0.15, 0.2) is 72.8 Å². The van der Waals surface area contributed by atoms with Gasteiger partial charge in [-0.25, -0.2) is 4.68 Å². The number of ether oxygens (including phenoxy) is 2. The van der Waals surface area contributed by atoms with Gasteiger partial charge in [-0.1, -0.05) is 61.5 Å². The van der Waals surface area contributed by atoms with Crippen molar-refractivity contribution < 1.29 is 19.1 Å². The first kappa shape index (κ1) is 26.7. The first-order chi connectivity index (χ1) is 18.4. The van der Waals surface area contributed by atoms with Crippen LogP contribution in [-0.4, -0.2) is 47.6 Å². The van der Waals surface area contributed by atoms with Gasteiger partial charge in [0.25, 0.3) is 0 Å². The fraction of sp³-hybridized carbons (Fsp3) is 0.310. The molecule has 9 nitrogen and oxygen atoms in total. The zero-order valence-corrected chi connectivity index (χ0v) is 22.1. The monoisotopic (exact) mass is 515 g/mol. The van der Waals surface area contributed by atoms with E-state index in [4.69, 9.17) is 9.47 Å². The van der Waals surface area contributed by atoms with Crippen molar-refractivity contribution >= 4 is 28.5 Å². The Balaban J connectivity index is 1.81. The predicted octanol–water partition coefficient (Wildman–Crippen LogP) is 4.39. The van der Waals surface area contributed by atoms with E-state index in [9.17, 15) is 9.59 Å². The van der Waals surface area contributed by atoms with Gasteiger partial charge in [-0.05, 0) is 30.0 Å². The van der Waals surface area contributed by atoms with Crippen LogP contribution in [0.4, 0.5) is 5.69 Å². The first-order valence-corrected chi connectivity index (χ1v) is 12.6. The number of amides is 2. The molecule has 4 aromatic rings. The number of aromatic nitrogens is 3. The number of methoxy groups -OCH3 is 2. The number of nitrogens with one attached hydrogen (secondary N) is 1. The second-order valence-corrected chi connectivity index (χ2v) is 9.36. The van der Waals surface area contributed by atoms with Crippen LogP contribution in [0.5, 0.6) is 11.5 Å². The Morgan fingerprint density at radius 1 is 0.947 bits per heavy atom. The minimum absolute atomic E-state index is 0.122. The van der Waals surface area contributed by atoms with Gasteiger partial charge >= 0.3 is 0 Å². The number of rotatable bonds is 11. The van der Waals surface area contributed by atoms with E-state index in [0.717, 1.165) is 11.9 Å². The van der Waals surface area contributed by atoms with Crippen LogP contribution in [0.2, 0.25) is 0 Å². The number of hydrogen-bond acceptors (Lipinski definition) is 6. The van der Waals surface area contributed by atoms with Gasteiger partial charge in [0.15, 0.2) is 0 Å². The normalized spacial score (nSPS) is 11.8. The predicted molar refractivity (Wildman–Crippen MR) is 146 cm³/mol. The van der Waals surface area contributed by atoms with Gasteiger partial charge in [-0.3, -0.25) is 14.5 Å². The molecule has 4 rings (SSSR count). The molecule has 0 radical (unpaired) electrons. The molecule has 0 saturated carbocycles. The Hall–Kier alpha value is -4.40. The van der Waals surface area contributed by atoms with Crippen molar-refractivity contribution in [3.05, 3.63) is 78.4 Å². The number of para-hydroxylation sites is 1. The standard InChI is InChI=1S/C29H33N5O4/c1-20(2)14-15-30-29(36)28(21-10-6-5-7-11-21)34(22-16-23(37-3)18-24(17-22)38-4)27(35)19-33-26-13-9-8-12-25(26)31-32-33/h5-13,16-18,20,28H,14-15,19H2,1-4H3,(H,30,36)/t28-/m0/s1. The Morgan fingerprint density at radius 3 is 2.26 bits per heavy atom. The molecule has 1 atom stereocenters. The third kappa shape index (κ3) is 6.11. The third-order valence-electron chi connectivity index (χ3n) is 6.23. The van der Waals surface area contributed by atoms with Crippen LogP contribution in [0.3, 0.4) is 0 Å². The average Bonchev–Trinajstić information content (AvgIpc) is 3.33. The summed E-state index contributed by atoms with van der Waals surface area (Å²) >= 11 is 0. The second kappa shape index (κ2) is 12.2. The van der Waals surface area contributed by atoms with Gasteiger partial charge in [0.2, 0.25) is 11.8 Å². The minimum atomic E-state index is -0.942. The number of hydrogen-bond donors (Lipinski definition) is 1. The van der Waals surface area contributed by atoms with Crippen molar-refractivity contribution in [2.45, 2.75) is 32.9 Å². The Kier molecular flexibility index (Phi) is 8.58. The summed E-state index contributed by atoms with van der Waals surface area (Å²) in [6, 6.07) is 20.9. The van der Waals surface area contributed by atoms with Gasteiger partial charge in [0.1, 0.15) is 29.6 Å². The van der Waals surface area contributed by atoms with Crippen LogP contribution >= 0.6 is 0 Å². The van der Waals surface area contributed by atoms with Crippen molar-refractivity contribution in [1.29, 1.82) is 0 Å². The quantitative estimate of drug-likeness (QED) is 0.318. The molecular weight excluding hydrogens is 482 g/mol. The molecule has 38 heavy (non-hydrogen) atoms. The summed E-state index contributed by atoms with van der Waals surface area (Å²) in [5.41, 5.74) is 2.54. The zero-order chi connectivity index (χ0) is 27.1. The molecule has 1 N–H and O–H groups in total. The molecule has 0 saturated heterocycles. The van der Waals surface area contributed by atoms with Crippen LogP contribution in [-0.2, 0) is 16.1 Å². The maximum atomic E-state index is 14.1. The Morgan fingerprint density at radius 2 is 1.61 bits per heavy atom. The summed E-state index contributed by atoms with van der Waals surface area (Å²) in [6.07, 6.45) is 0.819. The fourth-order valence-electron chi connectivity index (χ4n) is 4.24. The summed E-state index contributed by atoms with van der Waals surface area (Å²) in [6.45, 7) is 4.57. The summed E-state index contributed by atoms with van der Waals surface area (Å²) in [4.78, 5) is 29.4. The van der Waals surface area contributed by atoms with Crippen LogP contribution in [0.25, 0.3) is 11.0 Å². The maximum Gasteiger partial charge on any atom is 0.249 e. The number of fused-ring (bicyclic) bond motifs is 1. The maximum absolute atomic E-state index is 14.1. The van der Waals surface area contributed by atoms with E-state index in [2.05, 4.69) is 29.5 Å². The van der Waals surface area contributed by atoms with E-state index in [0.29, 0.717) is 40.7 Å². The van der Waals surface area contributed by atoms with Crippen LogP contribution in [0, 0.1) is 5.92 Å². The molecule has 0 bridgehead atoms. The van der Waals surface area contributed by atoms with Crippen molar-refractivity contribution in [2.24, 2.45) is 5.92 Å². The number of carbonyl (C=O) groups is 2. The smallest absolute Gasteiger partial charge is 0.249 e. The number of anilines is 1. The van der Waals surface area contributed by atoms with E-state index < -0.39 is 6.04 Å². The Bertz CT molecular complexity index is 1360. The summed E-state index contributed by atoms with van der Waals surface area (Å²) < 4.78 is 12.5. The number of benzene rings is 3. The van der Waals surface area contributed by atoms with E-state index in [1.807, 2.05) is 54.6 Å². The molecule has 0 aliphatic carbocycles. The van der Waals surface area contributed by atoms with Gasteiger partial charge < -0.3 is 14.8 Å². The van der Waals surface area contributed by atoms with Gasteiger partial charge in [-0.2, -0.15) is 0 Å². The number of carbonyl (C=O) groups excluding carboxylic acids is 2. The highest BCUT2D eigenvalue weighted by Gasteiger charge is 2.33. The van der Waals surface area contributed by atoms with E-state index in [1.54, 1.807) is 37.1 Å². The molecule has 0 aliphatic rings. The van der Waals surface area contributed by atoms with E-state index in [-0.39, 0.29) is 18.4 Å². The van der Waals surface area contributed by atoms with Crippen molar-refractivity contribution in [1.82, 2.24) is 20.3 Å². The Labute approximate surface area is 222 Å². The summed E-state index contributed by atoms with van der Waals surface area (Å²) in [7, 11) is 3.08. The largest absolute Gasteiger partial charge is 0.497 e. The van der Waals surface area contributed by atoms with Gasteiger partial charge in [-0.15, -0.1) is 5.10 Å². The molecule has 1 aromatic heterocycles. The van der Waals surface area contributed by atoms with Crippen molar-refractivity contribution in [3.8, 4) is 11.5 Å². The van der Waals surface area contributed by atoms with Crippen LogP contribution < -0.4 is 19.7 Å². The lowest BCUT2D eigenvalue weighted by atomic mass is 10.0. The lowest BCUT2D eigenvalue weighted by Gasteiger charge is -2.32. The molecule has 0 aliphatic heterocycles. The molecule has 3 aromatic carbocycles. The lowest BCUT2D eigenvalue weighted by molar-refractivity contribution is -0.127. The summed E-state index contributed by atoms with van der Waals surface area (Å²) in [5, 5.41) is 11.4. The van der Waals surface area contributed by atoms with Crippen LogP contribution in [0.1, 0.15) is 31.9 Å². The first-order valence-electron chi connectivity index (χ1n) is 12.6. The molecule has 9 heteroatoms. The highest BCUT2D eigenvalue weighted by atomic mass is 16.5. The highest BCUT2D eigenvalue weighted by molar-refractivity contribution is 6.01. The lowest BCUT2D eigenvalue weighted by Crippen LogP contribution is -2.45. The highest BCUT2D eigenvalue weighted by Crippen LogP contribution is 2.34. The third-order valence-corrected chi connectivity index (χ3v) is 6.23. The number of nitrogens with zero attached hydrogens (tertiary/aromatic N) is 4. The van der Waals surface area contributed by atoms with E-state index in [1.165, 1.54) is 4.90 Å². The fourth-order valence-corrected chi connectivity index (χ4v) is 4.24. The minimum Gasteiger partial charge on any atom is -0.497 e. The molecular formula is C29H33N5O4. The summed E-state index contributed by atoms with van der Waals surface area (Å²) in [5.74, 6) is 0.788. The molecule has 1 heterocycles. The van der Waals surface area contributed by atoms with Crippen molar-refractivity contribution in [2.75, 3.05) is 25.7 Å². The SMILES string of the molecule is COc1cc(OC)cc(N(C(=O)Cn2nnc3ccccc32)[C@H](C(=O)NCCC(C)C)c2ccccc2)c1. The van der Waals surface area contributed by atoms with Crippen molar-refractivity contribution in [3.63, 3.8) is 0 Å².